The van der Waals surface area contributed by atoms with E-state index in [1.807, 2.05) is 0 Å². The number of carbonyl (C=O) groups is 4. The van der Waals surface area contributed by atoms with E-state index in [1.165, 1.54) is 12.1 Å². The number of nitrogens with two attached hydrogens (primary N) is 1. The lowest BCUT2D eigenvalue weighted by molar-refractivity contribution is -0.141. The lowest BCUT2D eigenvalue weighted by Gasteiger charge is -2.24. The van der Waals surface area contributed by atoms with Crippen LogP contribution >= 0.6 is 37.9 Å². The van der Waals surface area contributed by atoms with Gasteiger partial charge in [0.25, 0.3) is 0 Å². The van der Waals surface area contributed by atoms with Crippen molar-refractivity contribution in [1.29, 1.82) is 0 Å². The molecule has 4 unspecified atom stereocenters. The Morgan fingerprint density at radius 3 is 1.77 bits per heavy atom. The van der Waals surface area contributed by atoms with Gasteiger partial charge in [0, 0.05) is 23.7 Å². The van der Waals surface area contributed by atoms with Gasteiger partial charge in [-0.3, -0.25) is 14.4 Å². The van der Waals surface area contributed by atoms with E-state index in [2.05, 4.69) is 53.8 Å². The largest absolute Gasteiger partial charge is 0.508 e. The number of phenols is 1. The van der Waals surface area contributed by atoms with Gasteiger partial charge in [-0.25, -0.2) is 4.79 Å². The number of hydrogen-bond acceptors (Lipinski definition) is 9. The number of aromatic hydroxyl groups is 1. The number of carbonyl (C=O) groups excluding carboxylic acids is 3. The van der Waals surface area contributed by atoms with Crippen LogP contribution in [0.25, 0.3) is 0 Å². The van der Waals surface area contributed by atoms with Gasteiger partial charge in [0.15, 0.2) is 0 Å². The van der Waals surface area contributed by atoms with E-state index >= 15 is 0 Å². The molecule has 0 aliphatic carbocycles. The summed E-state index contributed by atoms with van der Waals surface area (Å²) in [6, 6.07) is 1.57. The molecular formula is C18H26N4O6S3. The molecule has 1 rings (SSSR count). The van der Waals surface area contributed by atoms with Crippen molar-refractivity contribution < 1.29 is 29.4 Å². The molecular weight excluding hydrogens is 464 g/mol. The monoisotopic (exact) mass is 490 g/mol. The summed E-state index contributed by atoms with van der Waals surface area (Å²) in [5.41, 5.74) is 6.29. The summed E-state index contributed by atoms with van der Waals surface area (Å²) in [4.78, 5) is 48.5. The molecule has 3 amide bonds. The zero-order valence-corrected chi connectivity index (χ0v) is 19.1. The quantitative estimate of drug-likeness (QED) is 0.162. The maximum atomic E-state index is 12.8. The number of carboxylic acid groups (broad SMARTS) is 1. The van der Waals surface area contributed by atoms with E-state index in [4.69, 9.17) is 10.8 Å². The van der Waals surface area contributed by atoms with Crippen molar-refractivity contribution >= 4 is 61.6 Å². The van der Waals surface area contributed by atoms with Crippen molar-refractivity contribution in [2.24, 2.45) is 5.73 Å². The first-order valence-electron chi connectivity index (χ1n) is 9.12. The van der Waals surface area contributed by atoms with Gasteiger partial charge in [0.1, 0.15) is 23.9 Å². The van der Waals surface area contributed by atoms with Gasteiger partial charge in [-0.05, 0) is 17.7 Å². The third kappa shape index (κ3) is 8.89. The van der Waals surface area contributed by atoms with Gasteiger partial charge in [0.05, 0.1) is 6.04 Å². The third-order valence-electron chi connectivity index (χ3n) is 4.16. The minimum atomic E-state index is -1.27. The first-order valence-corrected chi connectivity index (χ1v) is 11.0. The third-order valence-corrected chi connectivity index (χ3v) is 5.28. The fourth-order valence-electron chi connectivity index (χ4n) is 2.36. The topological polar surface area (TPSA) is 171 Å². The van der Waals surface area contributed by atoms with E-state index in [0.29, 0.717) is 5.56 Å². The highest BCUT2D eigenvalue weighted by molar-refractivity contribution is 7.80. The molecule has 0 aliphatic rings. The average molecular weight is 491 g/mol. The Hall–Kier alpha value is -2.09. The second-order valence-corrected chi connectivity index (χ2v) is 7.64. The van der Waals surface area contributed by atoms with E-state index in [0.717, 1.165) is 0 Å². The Morgan fingerprint density at radius 2 is 1.29 bits per heavy atom. The fraction of sp³-hybridized carbons (Fsp3) is 0.444. The molecule has 0 saturated carbocycles. The summed E-state index contributed by atoms with van der Waals surface area (Å²) in [6.07, 6.45) is 0.0481. The molecule has 7 N–H and O–H groups in total. The molecule has 0 heterocycles. The van der Waals surface area contributed by atoms with E-state index in [9.17, 15) is 24.3 Å². The van der Waals surface area contributed by atoms with Gasteiger partial charge in [0.2, 0.25) is 17.7 Å². The van der Waals surface area contributed by atoms with Gasteiger partial charge in [-0.15, -0.1) is 0 Å². The van der Waals surface area contributed by atoms with Crippen LogP contribution in [0.2, 0.25) is 0 Å². The lowest BCUT2D eigenvalue weighted by atomic mass is 10.0. The minimum Gasteiger partial charge on any atom is -0.508 e. The zero-order valence-electron chi connectivity index (χ0n) is 16.4. The van der Waals surface area contributed by atoms with Crippen LogP contribution in [-0.2, 0) is 25.6 Å². The molecule has 0 fully saturated rings. The summed E-state index contributed by atoms with van der Waals surface area (Å²) in [5.74, 6) is -3.50. The standard InChI is InChI=1S/C18H26N4O6S3/c19-11(6-29)15(24)20-12(5-9-1-3-10(23)4-2-9)16(25)21-13(7-30)17(26)22-14(8-31)18(27)28/h1-4,11-14,23,29-31H,5-8,19H2,(H,20,24)(H,21,25)(H,22,26)(H,27,28). The van der Waals surface area contributed by atoms with Crippen molar-refractivity contribution in [3.63, 3.8) is 0 Å². The minimum absolute atomic E-state index is 0.0369. The Bertz CT molecular complexity index is 780. The molecule has 10 nitrogen and oxygen atoms in total. The van der Waals surface area contributed by atoms with Gasteiger partial charge >= 0.3 is 5.97 Å². The van der Waals surface area contributed by atoms with E-state index < -0.39 is 47.9 Å². The summed E-state index contributed by atoms with van der Waals surface area (Å²) >= 11 is 11.9. The van der Waals surface area contributed by atoms with Crippen LogP contribution in [0.15, 0.2) is 24.3 Å². The molecule has 0 radical (unpaired) electrons. The molecule has 31 heavy (non-hydrogen) atoms. The fourth-order valence-corrected chi connectivity index (χ4v) is 3.03. The van der Waals surface area contributed by atoms with Crippen LogP contribution in [0.3, 0.4) is 0 Å². The van der Waals surface area contributed by atoms with Crippen LogP contribution in [0, 0.1) is 0 Å². The number of nitrogens with one attached hydrogen (secondary N) is 3. The molecule has 172 valence electrons. The maximum absolute atomic E-state index is 12.8. The summed E-state index contributed by atoms with van der Waals surface area (Å²) in [7, 11) is 0. The smallest absolute Gasteiger partial charge is 0.327 e. The number of phenolic OH excluding ortho intramolecular Hbond substituents is 1. The van der Waals surface area contributed by atoms with Crippen LogP contribution in [0.4, 0.5) is 0 Å². The number of benzene rings is 1. The predicted octanol–water partition coefficient (Wildman–Crippen LogP) is -1.41. The lowest BCUT2D eigenvalue weighted by Crippen LogP contribution is -2.58. The second kappa shape index (κ2) is 13.3. The molecule has 0 aromatic heterocycles. The molecule has 0 aliphatic heterocycles. The highest BCUT2D eigenvalue weighted by Gasteiger charge is 2.29. The summed E-state index contributed by atoms with van der Waals surface area (Å²) in [5, 5.41) is 25.7. The van der Waals surface area contributed by atoms with Crippen molar-refractivity contribution in [1.82, 2.24) is 16.0 Å². The van der Waals surface area contributed by atoms with Crippen molar-refractivity contribution in [2.75, 3.05) is 17.3 Å². The molecule has 0 spiro atoms. The summed E-state index contributed by atoms with van der Waals surface area (Å²) in [6.45, 7) is 0. The Balaban J connectivity index is 2.97. The van der Waals surface area contributed by atoms with Gasteiger partial charge < -0.3 is 31.9 Å². The van der Waals surface area contributed by atoms with E-state index in [-0.39, 0.29) is 29.4 Å². The molecule has 1 aromatic carbocycles. The Labute approximate surface area is 195 Å². The van der Waals surface area contributed by atoms with Crippen LogP contribution in [0.5, 0.6) is 5.75 Å². The van der Waals surface area contributed by atoms with Crippen molar-refractivity contribution in [3.05, 3.63) is 29.8 Å². The van der Waals surface area contributed by atoms with Gasteiger partial charge in [-0.1, -0.05) is 12.1 Å². The Kier molecular flexibility index (Phi) is 11.6. The normalized spacial score (nSPS) is 14.6. The molecule has 0 bridgehead atoms. The molecule has 0 saturated heterocycles. The number of thiol groups is 3. The first kappa shape index (κ1) is 26.9. The maximum Gasteiger partial charge on any atom is 0.327 e. The van der Waals surface area contributed by atoms with Crippen molar-refractivity contribution in [2.45, 2.75) is 30.6 Å². The number of rotatable bonds is 12. The van der Waals surface area contributed by atoms with Crippen LogP contribution < -0.4 is 21.7 Å². The van der Waals surface area contributed by atoms with Crippen LogP contribution in [-0.4, -0.2) is 75.3 Å². The van der Waals surface area contributed by atoms with Crippen molar-refractivity contribution in [3.8, 4) is 5.75 Å². The van der Waals surface area contributed by atoms with Crippen LogP contribution in [0.1, 0.15) is 5.56 Å². The average Bonchev–Trinajstić information content (AvgIpc) is 2.75. The van der Waals surface area contributed by atoms with E-state index in [1.54, 1.807) is 12.1 Å². The second-order valence-electron chi connectivity index (χ2n) is 6.55. The SMILES string of the molecule is NC(CS)C(=O)NC(Cc1ccc(O)cc1)C(=O)NC(CS)C(=O)NC(CS)C(=O)O. The number of carboxylic acids is 1. The summed E-state index contributed by atoms with van der Waals surface area (Å²) < 4.78 is 0. The highest BCUT2D eigenvalue weighted by Crippen LogP contribution is 2.12. The highest BCUT2D eigenvalue weighted by atomic mass is 32.1. The zero-order chi connectivity index (χ0) is 23.6. The number of hydrogen-bond donors (Lipinski definition) is 9. The molecule has 4 atom stereocenters. The first-order chi connectivity index (χ1) is 14.6. The molecule has 1 aromatic rings. The molecule has 13 heteroatoms. The predicted molar refractivity (Wildman–Crippen MR) is 125 cm³/mol. The number of amides is 3. The Morgan fingerprint density at radius 1 is 0.806 bits per heavy atom. The number of aliphatic carboxylic acids is 1. The van der Waals surface area contributed by atoms with Gasteiger partial charge in [-0.2, -0.15) is 37.9 Å².